The number of carbonyl (C=O) groups is 2. The summed E-state index contributed by atoms with van der Waals surface area (Å²) in [5, 5.41) is 3.20. The van der Waals surface area contributed by atoms with Crippen LogP contribution in [-0.2, 0) is 9.59 Å². The molecule has 0 saturated carbocycles. The van der Waals surface area contributed by atoms with Crippen LogP contribution >= 0.6 is 11.8 Å². The predicted molar refractivity (Wildman–Crippen MR) is 61.5 cm³/mol. The molecule has 1 rings (SSSR count). The molecule has 1 fully saturated rings. The molecule has 0 aromatic rings. The Kier molecular flexibility index (Phi) is 4.20. The Hall–Kier alpha value is -1.20. The summed E-state index contributed by atoms with van der Waals surface area (Å²) in [6, 6.07) is 0. The molecular formula is C9H14N4O2S. The van der Waals surface area contributed by atoms with Crippen LogP contribution in [0.25, 0.3) is 10.4 Å². The molecule has 1 aliphatic heterocycles. The first-order valence-electron chi connectivity index (χ1n) is 4.95. The minimum atomic E-state index is -0.706. The van der Waals surface area contributed by atoms with Crippen LogP contribution in [0.5, 0.6) is 0 Å². The number of rotatable bonds is 4. The average Bonchev–Trinajstić information content (AvgIpc) is 2.51. The van der Waals surface area contributed by atoms with Crippen LogP contribution in [0, 0.1) is 5.92 Å². The third kappa shape index (κ3) is 2.31. The van der Waals surface area contributed by atoms with Crippen molar-refractivity contribution < 1.29 is 9.59 Å². The number of likely N-dealkylation sites (tertiary alicyclic amines) is 1. The maximum Gasteiger partial charge on any atom is 0.243 e. The Balaban J connectivity index is 2.97. The summed E-state index contributed by atoms with van der Waals surface area (Å²) in [4.78, 5) is 27.3. The zero-order valence-electron chi connectivity index (χ0n) is 9.45. The zero-order chi connectivity index (χ0) is 12.3. The summed E-state index contributed by atoms with van der Waals surface area (Å²) >= 11 is 1.35. The first kappa shape index (κ1) is 12.9. The van der Waals surface area contributed by atoms with E-state index < -0.39 is 6.17 Å². The maximum absolute atomic E-state index is 11.9. The number of thioether (sulfide) groups is 1. The molecule has 88 valence electrons. The molecule has 2 unspecified atom stereocenters. The Morgan fingerprint density at radius 2 is 2.19 bits per heavy atom. The van der Waals surface area contributed by atoms with E-state index in [1.165, 1.54) is 11.8 Å². The summed E-state index contributed by atoms with van der Waals surface area (Å²) in [5.74, 6) is -0.580. The van der Waals surface area contributed by atoms with E-state index in [0.29, 0.717) is 0 Å². The Morgan fingerprint density at radius 3 is 2.56 bits per heavy atom. The number of azide groups is 1. The lowest BCUT2D eigenvalue weighted by atomic mass is 10.1. The minimum absolute atomic E-state index is 0.0793. The number of imide groups is 1. The van der Waals surface area contributed by atoms with Gasteiger partial charge >= 0.3 is 0 Å². The highest BCUT2D eigenvalue weighted by molar-refractivity contribution is 8.00. The average molecular weight is 242 g/mol. The topological polar surface area (TPSA) is 86.1 Å². The molecule has 2 amide bonds. The van der Waals surface area contributed by atoms with Crippen LogP contribution in [0.1, 0.15) is 20.3 Å². The predicted octanol–water partition coefficient (Wildman–Crippen LogP) is 1.77. The molecule has 0 aromatic heterocycles. The van der Waals surface area contributed by atoms with Crippen molar-refractivity contribution in [3.63, 3.8) is 0 Å². The quantitative estimate of drug-likeness (QED) is 0.326. The smallest absolute Gasteiger partial charge is 0.243 e. The van der Waals surface area contributed by atoms with Crippen molar-refractivity contribution in [2.75, 3.05) is 6.26 Å². The van der Waals surface area contributed by atoms with Crippen molar-refractivity contribution in [2.45, 2.75) is 31.7 Å². The number of nitrogens with zero attached hydrogens (tertiary/aromatic N) is 4. The third-order valence-corrected chi connectivity index (χ3v) is 3.39. The number of hydrogen-bond donors (Lipinski definition) is 0. The minimum Gasteiger partial charge on any atom is -0.274 e. The van der Waals surface area contributed by atoms with E-state index in [-0.39, 0.29) is 29.4 Å². The van der Waals surface area contributed by atoms with Gasteiger partial charge in [0.2, 0.25) is 11.8 Å². The van der Waals surface area contributed by atoms with Gasteiger partial charge in [-0.3, -0.25) is 14.5 Å². The monoisotopic (exact) mass is 242 g/mol. The molecule has 1 aliphatic rings. The molecule has 0 radical (unpaired) electrons. The summed E-state index contributed by atoms with van der Waals surface area (Å²) in [6.45, 7) is 3.62. The SMILES string of the molecule is CSC1CC(=O)N(C(N=[N+]=[N-])C(C)C)C1=O. The van der Waals surface area contributed by atoms with Crippen LogP contribution in [0.3, 0.4) is 0 Å². The number of carbonyl (C=O) groups excluding carboxylic acids is 2. The van der Waals surface area contributed by atoms with E-state index in [0.717, 1.165) is 4.90 Å². The lowest BCUT2D eigenvalue weighted by Crippen LogP contribution is -2.42. The van der Waals surface area contributed by atoms with Crippen LogP contribution < -0.4 is 0 Å². The van der Waals surface area contributed by atoms with Crippen LogP contribution in [0.4, 0.5) is 0 Å². The molecule has 0 aromatic carbocycles. The van der Waals surface area contributed by atoms with Crippen molar-refractivity contribution >= 4 is 23.6 Å². The van der Waals surface area contributed by atoms with Gasteiger partial charge in [0, 0.05) is 11.3 Å². The lowest BCUT2D eigenvalue weighted by molar-refractivity contribution is -0.141. The molecule has 0 N–H and O–H groups in total. The van der Waals surface area contributed by atoms with E-state index in [1.807, 2.05) is 13.8 Å². The molecule has 16 heavy (non-hydrogen) atoms. The van der Waals surface area contributed by atoms with Gasteiger partial charge in [-0.1, -0.05) is 19.0 Å². The summed E-state index contributed by atoms with van der Waals surface area (Å²) in [5.41, 5.74) is 8.45. The van der Waals surface area contributed by atoms with Gasteiger partial charge in [0.05, 0.1) is 5.25 Å². The highest BCUT2D eigenvalue weighted by Crippen LogP contribution is 2.27. The number of hydrogen-bond acceptors (Lipinski definition) is 4. The second-order valence-corrected chi connectivity index (χ2v) is 4.93. The van der Waals surface area contributed by atoms with Gasteiger partial charge < -0.3 is 0 Å². The standard InChI is InChI=1S/C9H14N4O2S/c1-5(2)8(11-12-10)13-7(14)4-6(16-3)9(13)15/h5-6,8H,4H2,1-3H3. The molecule has 2 atom stereocenters. The van der Waals surface area contributed by atoms with Crippen molar-refractivity contribution in [2.24, 2.45) is 11.0 Å². The van der Waals surface area contributed by atoms with Crippen molar-refractivity contribution in [1.29, 1.82) is 0 Å². The fraction of sp³-hybridized carbons (Fsp3) is 0.778. The summed E-state index contributed by atoms with van der Waals surface area (Å²) < 4.78 is 0. The van der Waals surface area contributed by atoms with Gasteiger partial charge in [-0.2, -0.15) is 11.8 Å². The van der Waals surface area contributed by atoms with Crippen LogP contribution in [0.15, 0.2) is 5.11 Å². The lowest BCUT2D eigenvalue weighted by Gasteiger charge is -2.25. The summed E-state index contributed by atoms with van der Waals surface area (Å²) in [7, 11) is 0. The highest BCUT2D eigenvalue weighted by atomic mass is 32.2. The molecular weight excluding hydrogens is 228 g/mol. The van der Waals surface area contributed by atoms with E-state index >= 15 is 0 Å². The second-order valence-electron chi connectivity index (χ2n) is 3.89. The normalized spacial score (nSPS) is 22.5. The van der Waals surface area contributed by atoms with Crippen molar-refractivity contribution in [3.8, 4) is 0 Å². The molecule has 0 aliphatic carbocycles. The van der Waals surface area contributed by atoms with Crippen molar-refractivity contribution in [1.82, 2.24) is 4.90 Å². The van der Waals surface area contributed by atoms with Gasteiger partial charge in [-0.25, -0.2) is 0 Å². The van der Waals surface area contributed by atoms with E-state index in [1.54, 1.807) is 6.26 Å². The molecule has 1 heterocycles. The molecule has 6 nitrogen and oxygen atoms in total. The number of amides is 2. The van der Waals surface area contributed by atoms with Gasteiger partial charge in [-0.05, 0) is 17.7 Å². The molecule has 7 heteroatoms. The van der Waals surface area contributed by atoms with Crippen LogP contribution in [-0.4, -0.2) is 34.4 Å². The van der Waals surface area contributed by atoms with Gasteiger partial charge in [0.25, 0.3) is 0 Å². The van der Waals surface area contributed by atoms with E-state index in [9.17, 15) is 9.59 Å². The van der Waals surface area contributed by atoms with Gasteiger partial charge in [0.1, 0.15) is 6.17 Å². The first-order valence-corrected chi connectivity index (χ1v) is 6.24. The third-order valence-electron chi connectivity index (χ3n) is 2.46. The molecule has 0 spiro atoms. The zero-order valence-corrected chi connectivity index (χ0v) is 10.3. The fourth-order valence-electron chi connectivity index (χ4n) is 1.62. The summed E-state index contributed by atoms with van der Waals surface area (Å²) in [6.07, 6.45) is 1.28. The van der Waals surface area contributed by atoms with Gasteiger partial charge in [-0.15, -0.1) is 0 Å². The largest absolute Gasteiger partial charge is 0.274 e. The molecule has 0 bridgehead atoms. The van der Waals surface area contributed by atoms with E-state index in [2.05, 4.69) is 10.0 Å². The Bertz CT molecular complexity index is 351. The second kappa shape index (κ2) is 5.23. The maximum atomic E-state index is 11.9. The van der Waals surface area contributed by atoms with E-state index in [4.69, 9.17) is 5.53 Å². The Labute approximate surface area is 98.0 Å². The first-order chi connectivity index (χ1) is 7.52. The Morgan fingerprint density at radius 1 is 1.56 bits per heavy atom. The van der Waals surface area contributed by atoms with Gasteiger partial charge in [0.15, 0.2) is 0 Å². The highest BCUT2D eigenvalue weighted by Gasteiger charge is 2.42. The van der Waals surface area contributed by atoms with Crippen molar-refractivity contribution in [3.05, 3.63) is 10.4 Å². The fourth-order valence-corrected chi connectivity index (χ4v) is 2.24. The molecule has 1 saturated heterocycles. The van der Waals surface area contributed by atoms with Crippen LogP contribution in [0.2, 0.25) is 0 Å².